The van der Waals surface area contributed by atoms with E-state index in [4.69, 9.17) is 21.4 Å². The minimum atomic E-state index is -1.05. The lowest BCUT2D eigenvalue weighted by Gasteiger charge is -2.11. The summed E-state index contributed by atoms with van der Waals surface area (Å²) >= 11 is 6.23. The minimum Gasteiger partial charge on any atom is -0.496 e. The molecule has 10 heteroatoms. The van der Waals surface area contributed by atoms with Gasteiger partial charge >= 0.3 is 5.97 Å². The molecule has 0 unspecified atom stereocenters. The van der Waals surface area contributed by atoms with Crippen LogP contribution in [0.1, 0.15) is 5.56 Å². The lowest BCUT2D eigenvalue weighted by Crippen LogP contribution is -2.35. The third-order valence-corrected chi connectivity index (χ3v) is 4.42. The maximum Gasteiger partial charge on any atom is 0.322 e. The zero-order valence-corrected chi connectivity index (χ0v) is 16.7. The number of benzene rings is 2. The molecule has 0 radical (unpaired) electrons. The van der Waals surface area contributed by atoms with Crippen LogP contribution in [0.15, 0.2) is 53.7 Å². The molecule has 0 atom stereocenters. The van der Waals surface area contributed by atoms with E-state index >= 15 is 0 Å². The first kappa shape index (κ1) is 21.1. The minimum absolute atomic E-state index is 0.142. The quantitative estimate of drug-likeness (QED) is 0.336. The number of aliphatic imine (C=N–C) groups is 1. The molecule has 0 saturated carbocycles. The summed E-state index contributed by atoms with van der Waals surface area (Å²) in [4.78, 5) is 22.6. The maximum atomic E-state index is 13.1. The number of halogens is 2. The summed E-state index contributed by atoms with van der Waals surface area (Å²) in [6, 6.07) is 11.2. The Hall–Kier alpha value is -3.59. The lowest BCUT2D eigenvalue weighted by molar-refractivity contribution is -0.135. The summed E-state index contributed by atoms with van der Waals surface area (Å²) in [5.41, 5.74) is 2.06. The van der Waals surface area contributed by atoms with Crippen molar-refractivity contribution in [1.82, 2.24) is 15.3 Å². The molecule has 4 N–H and O–H groups in total. The molecule has 2 aromatic carbocycles. The Labute approximate surface area is 176 Å². The number of nitrogens with one attached hydrogen (secondary N) is 3. The van der Waals surface area contributed by atoms with Crippen molar-refractivity contribution in [3.63, 3.8) is 0 Å². The molecule has 3 rings (SSSR count). The zero-order valence-electron chi connectivity index (χ0n) is 15.9. The smallest absolute Gasteiger partial charge is 0.322 e. The van der Waals surface area contributed by atoms with Gasteiger partial charge in [0.2, 0.25) is 5.95 Å². The van der Waals surface area contributed by atoms with Crippen molar-refractivity contribution in [2.75, 3.05) is 19.0 Å². The number of aliphatic carboxylic acids is 1. The van der Waals surface area contributed by atoms with Crippen LogP contribution in [0.4, 0.5) is 10.3 Å². The van der Waals surface area contributed by atoms with E-state index < -0.39 is 5.97 Å². The first-order valence-electron chi connectivity index (χ1n) is 8.85. The highest BCUT2D eigenvalue weighted by Crippen LogP contribution is 2.27. The molecule has 0 saturated heterocycles. The Morgan fingerprint density at radius 1 is 1.30 bits per heavy atom. The topological polar surface area (TPSA) is 112 Å². The van der Waals surface area contributed by atoms with Crippen molar-refractivity contribution in [1.29, 1.82) is 0 Å². The average molecular weight is 432 g/mol. The van der Waals surface area contributed by atoms with E-state index in [0.29, 0.717) is 28.0 Å². The fourth-order valence-electron chi connectivity index (χ4n) is 2.61. The number of guanidine groups is 1. The molecule has 0 spiro atoms. The van der Waals surface area contributed by atoms with E-state index in [1.54, 1.807) is 36.5 Å². The second kappa shape index (κ2) is 9.75. The highest BCUT2D eigenvalue weighted by Gasteiger charge is 2.10. The molecule has 156 valence electrons. The molecule has 8 nitrogen and oxygen atoms in total. The summed E-state index contributed by atoms with van der Waals surface area (Å²) in [7, 11) is 1.53. The molecular weight excluding hydrogens is 413 g/mol. The molecule has 0 aliphatic rings. The van der Waals surface area contributed by atoms with Crippen molar-refractivity contribution in [2.24, 2.45) is 4.99 Å². The summed E-state index contributed by atoms with van der Waals surface area (Å²) in [6.45, 7) is -0.208. The number of anilines is 1. The molecule has 30 heavy (non-hydrogen) atoms. The number of carboxylic acids is 1. The van der Waals surface area contributed by atoms with Crippen LogP contribution in [0.2, 0.25) is 5.02 Å². The molecule has 1 aromatic heterocycles. The fourth-order valence-corrected chi connectivity index (χ4v) is 2.84. The number of hydrogen-bond acceptors (Lipinski definition) is 4. The Morgan fingerprint density at radius 3 is 2.77 bits per heavy atom. The zero-order chi connectivity index (χ0) is 21.5. The molecule has 0 bridgehead atoms. The van der Waals surface area contributed by atoms with Gasteiger partial charge in [-0.25, -0.2) is 14.4 Å². The maximum absolute atomic E-state index is 13.1. The number of carboxylic acid groups (broad SMARTS) is 1. The molecule has 0 aliphatic heterocycles. The summed E-state index contributed by atoms with van der Waals surface area (Å²) in [6.07, 6.45) is 1.57. The van der Waals surface area contributed by atoms with E-state index in [1.807, 2.05) is 0 Å². The Bertz CT molecular complexity index is 1050. The SMILES string of the molecule is COc1cccc(Cl)c1CN=C(NCC(=O)O)Nc1ncc(-c2ccc(F)cc2)[nH]1. The van der Waals surface area contributed by atoms with Gasteiger partial charge in [0.1, 0.15) is 18.1 Å². The van der Waals surface area contributed by atoms with Crippen molar-refractivity contribution in [3.8, 4) is 17.0 Å². The van der Waals surface area contributed by atoms with Crippen molar-refractivity contribution >= 4 is 29.5 Å². The van der Waals surface area contributed by atoms with Crippen molar-refractivity contribution in [3.05, 3.63) is 65.1 Å². The average Bonchev–Trinajstić information content (AvgIpc) is 3.19. The van der Waals surface area contributed by atoms with Crippen LogP contribution >= 0.6 is 11.6 Å². The van der Waals surface area contributed by atoms with Crippen LogP contribution in [0.25, 0.3) is 11.3 Å². The van der Waals surface area contributed by atoms with Crippen LogP contribution in [-0.4, -0.2) is 40.7 Å². The van der Waals surface area contributed by atoms with Gasteiger partial charge in [-0.2, -0.15) is 0 Å². The number of hydrogen-bond donors (Lipinski definition) is 4. The highest BCUT2D eigenvalue weighted by atomic mass is 35.5. The van der Waals surface area contributed by atoms with E-state index in [9.17, 15) is 9.18 Å². The van der Waals surface area contributed by atoms with Crippen LogP contribution in [-0.2, 0) is 11.3 Å². The third kappa shape index (κ3) is 5.48. The number of aromatic amines is 1. The van der Waals surface area contributed by atoms with Crippen LogP contribution in [0, 0.1) is 5.82 Å². The van der Waals surface area contributed by atoms with Gasteiger partial charge in [0, 0.05) is 10.6 Å². The van der Waals surface area contributed by atoms with Crippen molar-refractivity contribution < 1.29 is 19.0 Å². The van der Waals surface area contributed by atoms with E-state index in [1.165, 1.54) is 19.2 Å². The second-order valence-electron chi connectivity index (χ2n) is 6.11. The molecule has 0 aliphatic carbocycles. The second-order valence-corrected chi connectivity index (χ2v) is 6.52. The normalized spacial score (nSPS) is 11.2. The Morgan fingerprint density at radius 2 is 2.07 bits per heavy atom. The van der Waals surface area contributed by atoms with E-state index in [-0.39, 0.29) is 24.9 Å². The van der Waals surface area contributed by atoms with Gasteiger partial charge in [-0.3, -0.25) is 10.1 Å². The first-order chi connectivity index (χ1) is 14.5. The van der Waals surface area contributed by atoms with Gasteiger partial charge in [-0.05, 0) is 42.0 Å². The summed E-state index contributed by atoms with van der Waals surface area (Å²) in [5.74, 6) is -0.304. The first-order valence-corrected chi connectivity index (χ1v) is 9.23. The number of ether oxygens (including phenoxy) is 1. The Balaban J connectivity index is 1.80. The molecule has 0 amide bonds. The molecule has 1 heterocycles. The third-order valence-electron chi connectivity index (χ3n) is 4.07. The number of carbonyl (C=O) groups is 1. The van der Waals surface area contributed by atoms with Crippen LogP contribution < -0.4 is 15.4 Å². The number of nitrogens with zero attached hydrogens (tertiary/aromatic N) is 2. The molecule has 3 aromatic rings. The van der Waals surface area contributed by atoms with Crippen molar-refractivity contribution in [2.45, 2.75) is 6.54 Å². The van der Waals surface area contributed by atoms with Gasteiger partial charge in [0.05, 0.1) is 25.5 Å². The van der Waals surface area contributed by atoms with Crippen LogP contribution in [0.3, 0.4) is 0 Å². The number of methoxy groups -OCH3 is 1. The van der Waals surface area contributed by atoms with Gasteiger partial charge in [0.25, 0.3) is 0 Å². The van der Waals surface area contributed by atoms with E-state index in [2.05, 4.69) is 25.6 Å². The fraction of sp³-hybridized carbons (Fsp3) is 0.150. The highest BCUT2D eigenvalue weighted by molar-refractivity contribution is 6.31. The van der Waals surface area contributed by atoms with Gasteiger partial charge < -0.3 is 20.1 Å². The number of imidazole rings is 1. The van der Waals surface area contributed by atoms with E-state index in [0.717, 1.165) is 5.56 Å². The predicted molar refractivity (Wildman–Crippen MR) is 112 cm³/mol. The summed E-state index contributed by atoms with van der Waals surface area (Å²) < 4.78 is 18.4. The predicted octanol–water partition coefficient (Wildman–Crippen LogP) is 3.52. The number of H-pyrrole nitrogens is 1. The van der Waals surface area contributed by atoms with Crippen LogP contribution in [0.5, 0.6) is 5.75 Å². The monoisotopic (exact) mass is 431 g/mol. The molecular formula is C20H19ClFN5O3. The van der Waals surface area contributed by atoms with Gasteiger partial charge in [-0.15, -0.1) is 0 Å². The summed E-state index contributed by atoms with van der Waals surface area (Å²) in [5, 5.41) is 15.1. The van der Waals surface area contributed by atoms with Gasteiger partial charge in [-0.1, -0.05) is 17.7 Å². The standard InChI is InChI=1S/C20H19ClFN5O3/c1-30-17-4-2-3-15(21)14(17)9-23-19(25-11-18(28)29)27-20-24-10-16(26-20)12-5-7-13(22)8-6-12/h2-8,10H,9,11H2,1H3,(H,28,29)(H3,23,24,25,26,27). The molecule has 0 fully saturated rings. The number of rotatable bonds is 7. The largest absolute Gasteiger partial charge is 0.496 e. The lowest BCUT2D eigenvalue weighted by atomic mass is 10.2. The Kier molecular flexibility index (Phi) is 6.87. The van der Waals surface area contributed by atoms with Gasteiger partial charge in [0.15, 0.2) is 5.96 Å². The number of aromatic nitrogens is 2.